The highest BCUT2D eigenvalue weighted by molar-refractivity contribution is 7.13. The lowest BCUT2D eigenvalue weighted by Gasteiger charge is -2.22. The van der Waals surface area contributed by atoms with Crippen LogP contribution < -0.4 is 5.32 Å². The van der Waals surface area contributed by atoms with Crippen LogP contribution in [-0.4, -0.2) is 10.9 Å². The third-order valence-corrected chi connectivity index (χ3v) is 4.54. The lowest BCUT2D eigenvalue weighted by atomic mass is 9.93. The first-order valence-electron chi connectivity index (χ1n) is 6.46. The van der Waals surface area contributed by atoms with Crippen molar-refractivity contribution in [1.82, 2.24) is 10.3 Å². The third kappa shape index (κ3) is 2.30. The minimum absolute atomic E-state index is 0.0258. The number of furan rings is 1. The SMILES string of the molecule is Cc1nc(C)c(C(=O)N[C@@H]2CCCc3occc32)s1. The van der Waals surface area contributed by atoms with E-state index < -0.39 is 0 Å². The highest BCUT2D eigenvalue weighted by Gasteiger charge is 2.25. The number of thiazole rings is 1. The Labute approximate surface area is 115 Å². The van der Waals surface area contributed by atoms with Gasteiger partial charge in [-0.15, -0.1) is 11.3 Å². The van der Waals surface area contributed by atoms with Crippen molar-refractivity contribution in [1.29, 1.82) is 0 Å². The van der Waals surface area contributed by atoms with E-state index in [1.54, 1.807) is 6.26 Å². The summed E-state index contributed by atoms with van der Waals surface area (Å²) in [7, 11) is 0. The molecule has 1 N–H and O–H groups in total. The molecule has 1 aliphatic rings. The van der Waals surface area contributed by atoms with Gasteiger partial charge in [0.1, 0.15) is 10.6 Å². The molecular formula is C14H16N2O2S. The Bertz CT molecular complexity index is 615. The Balaban J connectivity index is 1.80. The molecule has 0 aromatic carbocycles. The summed E-state index contributed by atoms with van der Waals surface area (Å²) in [5.74, 6) is 0.982. The fourth-order valence-corrected chi connectivity index (χ4v) is 3.43. The summed E-state index contributed by atoms with van der Waals surface area (Å²) in [6.45, 7) is 3.80. The monoisotopic (exact) mass is 276 g/mol. The number of nitrogens with zero attached hydrogens (tertiary/aromatic N) is 1. The second kappa shape index (κ2) is 4.81. The van der Waals surface area contributed by atoms with Gasteiger partial charge in [-0.05, 0) is 32.8 Å². The molecule has 2 aromatic heterocycles. The van der Waals surface area contributed by atoms with Crippen molar-refractivity contribution in [3.05, 3.63) is 39.2 Å². The van der Waals surface area contributed by atoms with Gasteiger partial charge in [0.2, 0.25) is 0 Å². The van der Waals surface area contributed by atoms with E-state index in [9.17, 15) is 4.79 Å². The van der Waals surface area contributed by atoms with Crippen molar-refractivity contribution in [3.8, 4) is 0 Å². The van der Waals surface area contributed by atoms with Crippen molar-refractivity contribution in [2.75, 3.05) is 0 Å². The Morgan fingerprint density at radius 1 is 1.53 bits per heavy atom. The summed E-state index contributed by atoms with van der Waals surface area (Å²) in [5, 5.41) is 4.03. The number of fused-ring (bicyclic) bond motifs is 1. The number of carbonyl (C=O) groups excluding carboxylic acids is 1. The van der Waals surface area contributed by atoms with Gasteiger partial charge in [0, 0.05) is 12.0 Å². The van der Waals surface area contributed by atoms with E-state index in [0.29, 0.717) is 4.88 Å². The first-order valence-corrected chi connectivity index (χ1v) is 7.28. The van der Waals surface area contributed by atoms with E-state index in [2.05, 4.69) is 10.3 Å². The molecule has 0 aliphatic heterocycles. The zero-order valence-corrected chi connectivity index (χ0v) is 11.8. The Hall–Kier alpha value is -1.62. The fourth-order valence-electron chi connectivity index (χ4n) is 2.60. The van der Waals surface area contributed by atoms with Gasteiger partial charge in [0.25, 0.3) is 5.91 Å². The summed E-state index contributed by atoms with van der Waals surface area (Å²) in [5.41, 5.74) is 1.93. The summed E-state index contributed by atoms with van der Waals surface area (Å²) in [4.78, 5) is 17.3. The molecule has 0 spiro atoms. The van der Waals surface area contributed by atoms with Gasteiger partial charge in [-0.25, -0.2) is 4.98 Å². The molecule has 0 bridgehead atoms. The Morgan fingerprint density at radius 2 is 2.37 bits per heavy atom. The molecule has 1 amide bonds. The van der Waals surface area contributed by atoms with E-state index in [0.717, 1.165) is 41.3 Å². The highest BCUT2D eigenvalue weighted by atomic mass is 32.1. The summed E-state index contributed by atoms with van der Waals surface area (Å²) in [6.07, 6.45) is 4.69. The molecule has 1 atom stereocenters. The molecule has 100 valence electrons. The largest absolute Gasteiger partial charge is 0.469 e. The Morgan fingerprint density at radius 3 is 3.11 bits per heavy atom. The van der Waals surface area contributed by atoms with Crippen molar-refractivity contribution in [3.63, 3.8) is 0 Å². The first kappa shape index (κ1) is 12.4. The van der Waals surface area contributed by atoms with Crippen LogP contribution in [0.25, 0.3) is 0 Å². The highest BCUT2D eigenvalue weighted by Crippen LogP contribution is 2.31. The van der Waals surface area contributed by atoms with Crippen molar-refractivity contribution < 1.29 is 9.21 Å². The number of amides is 1. The van der Waals surface area contributed by atoms with Gasteiger partial charge in [0.15, 0.2) is 0 Å². The van der Waals surface area contributed by atoms with E-state index in [-0.39, 0.29) is 11.9 Å². The molecule has 0 saturated heterocycles. The maximum absolute atomic E-state index is 12.3. The predicted octanol–water partition coefficient (Wildman–Crippen LogP) is 3.16. The van der Waals surface area contributed by atoms with Gasteiger partial charge < -0.3 is 9.73 Å². The smallest absolute Gasteiger partial charge is 0.263 e. The van der Waals surface area contributed by atoms with E-state index in [4.69, 9.17) is 4.42 Å². The number of hydrogen-bond acceptors (Lipinski definition) is 4. The van der Waals surface area contributed by atoms with Gasteiger partial charge in [-0.3, -0.25) is 4.79 Å². The average Bonchev–Trinajstić information content (AvgIpc) is 2.96. The molecule has 2 heterocycles. The van der Waals surface area contributed by atoms with E-state index in [1.807, 2.05) is 19.9 Å². The van der Waals surface area contributed by atoms with Crippen LogP contribution in [0.15, 0.2) is 16.7 Å². The van der Waals surface area contributed by atoms with Gasteiger partial charge >= 0.3 is 0 Å². The molecular weight excluding hydrogens is 260 g/mol. The van der Waals surface area contributed by atoms with E-state index in [1.165, 1.54) is 11.3 Å². The predicted molar refractivity (Wildman–Crippen MR) is 73.4 cm³/mol. The van der Waals surface area contributed by atoms with Crippen LogP contribution in [0.1, 0.15) is 50.6 Å². The molecule has 0 saturated carbocycles. The number of aromatic nitrogens is 1. The third-order valence-electron chi connectivity index (χ3n) is 3.47. The topological polar surface area (TPSA) is 55.1 Å². The van der Waals surface area contributed by atoms with Crippen molar-refractivity contribution in [2.24, 2.45) is 0 Å². The van der Waals surface area contributed by atoms with Crippen LogP contribution in [-0.2, 0) is 6.42 Å². The van der Waals surface area contributed by atoms with E-state index >= 15 is 0 Å². The summed E-state index contributed by atoms with van der Waals surface area (Å²) < 4.78 is 5.44. The normalized spacial score (nSPS) is 18.1. The lowest BCUT2D eigenvalue weighted by Crippen LogP contribution is -2.30. The molecule has 0 fully saturated rings. The van der Waals surface area contributed by atoms with Crippen LogP contribution in [0.3, 0.4) is 0 Å². The van der Waals surface area contributed by atoms with Gasteiger partial charge in [0.05, 0.1) is 23.0 Å². The number of aryl methyl sites for hydroxylation is 3. The van der Waals surface area contributed by atoms with Gasteiger partial charge in [-0.1, -0.05) is 0 Å². The number of nitrogens with one attached hydrogen (secondary N) is 1. The zero-order valence-electron chi connectivity index (χ0n) is 11.0. The second-order valence-corrected chi connectivity index (χ2v) is 6.07. The van der Waals surface area contributed by atoms with Crippen LogP contribution in [0.5, 0.6) is 0 Å². The fraction of sp³-hybridized carbons (Fsp3) is 0.429. The molecule has 19 heavy (non-hydrogen) atoms. The molecule has 2 aromatic rings. The molecule has 0 unspecified atom stereocenters. The van der Waals surface area contributed by atoms with Crippen LogP contribution in [0.4, 0.5) is 0 Å². The van der Waals surface area contributed by atoms with Crippen LogP contribution in [0.2, 0.25) is 0 Å². The first-order chi connectivity index (χ1) is 9.15. The number of rotatable bonds is 2. The molecule has 1 aliphatic carbocycles. The molecule has 4 nitrogen and oxygen atoms in total. The van der Waals surface area contributed by atoms with Gasteiger partial charge in [-0.2, -0.15) is 0 Å². The maximum atomic E-state index is 12.3. The average molecular weight is 276 g/mol. The number of carbonyl (C=O) groups is 1. The lowest BCUT2D eigenvalue weighted by molar-refractivity contribution is 0.0935. The van der Waals surface area contributed by atoms with Crippen molar-refractivity contribution in [2.45, 2.75) is 39.2 Å². The van der Waals surface area contributed by atoms with Crippen molar-refractivity contribution >= 4 is 17.2 Å². The second-order valence-electron chi connectivity index (χ2n) is 4.86. The quantitative estimate of drug-likeness (QED) is 0.916. The minimum Gasteiger partial charge on any atom is -0.469 e. The van der Waals surface area contributed by atoms with Crippen LogP contribution in [0, 0.1) is 13.8 Å². The molecule has 0 radical (unpaired) electrons. The Kier molecular flexibility index (Phi) is 3.14. The summed E-state index contributed by atoms with van der Waals surface area (Å²) >= 11 is 1.45. The summed E-state index contributed by atoms with van der Waals surface area (Å²) in [6, 6.07) is 2.03. The standard InChI is InChI=1S/C14H16N2O2S/c1-8-13(19-9(2)15-8)14(17)16-11-4-3-5-12-10(11)6-7-18-12/h6-7,11H,3-5H2,1-2H3,(H,16,17)/t11-/m1/s1. The number of hydrogen-bond donors (Lipinski definition) is 1. The molecule has 5 heteroatoms. The minimum atomic E-state index is -0.0258. The molecule has 3 rings (SSSR count). The van der Waals surface area contributed by atoms with Crippen LogP contribution >= 0.6 is 11.3 Å². The maximum Gasteiger partial charge on any atom is 0.263 e. The zero-order chi connectivity index (χ0) is 13.4.